The maximum atomic E-state index is 13.0. The number of rotatable bonds is 5. The third-order valence-corrected chi connectivity index (χ3v) is 3.87. The number of nitrogens with one attached hydrogen (secondary N) is 1. The van der Waals surface area contributed by atoms with Gasteiger partial charge in [-0.15, -0.1) is 0 Å². The third-order valence-electron chi connectivity index (χ3n) is 3.87. The second kappa shape index (κ2) is 6.70. The minimum atomic E-state index is -0.418. The molecule has 0 aromatic heterocycles. The van der Waals surface area contributed by atoms with Crippen molar-refractivity contribution in [3.8, 4) is 0 Å². The van der Waals surface area contributed by atoms with Crippen molar-refractivity contribution >= 4 is 17.3 Å². The molecule has 1 aromatic carbocycles. The highest BCUT2D eigenvalue weighted by molar-refractivity contribution is 5.97. The van der Waals surface area contributed by atoms with Crippen LogP contribution in [0.15, 0.2) is 18.2 Å². The number of halogens is 1. The number of nitrogen functional groups attached to an aromatic ring is 1. The Hall–Kier alpha value is -1.62. The molecule has 4 nitrogen and oxygen atoms in total. The normalized spacial score (nSPS) is 14.4. The van der Waals surface area contributed by atoms with E-state index in [-0.39, 0.29) is 23.7 Å². The first-order valence-electron chi connectivity index (χ1n) is 6.81. The lowest BCUT2D eigenvalue weighted by Crippen LogP contribution is -2.46. The summed E-state index contributed by atoms with van der Waals surface area (Å²) in [5, 5.41) is 2.74. The number of carbonyl (C=O) groups excluding carboxylic acids is 1. The summed E-state index contributed by atoms with van der Waals surface area (Å²) in [5.74, 6) is -0.122. The van der Waals surface area contributed by atoms with Crippen LogP contribution in [0.3, 0.4) is 0 Å². The number of nitrogens with two attached hydrogens (primary N) is 1. The zero-order chi connectivity index (χ0) is 15.4. The Labute approximate surface area is 120 Å². The lowest BCUT2D eigenvalue weighted by Gasteiger charge is -2.32. The average Bonchev–Trinajstić information content (AvgIpc) is 2.39. The number of amides is 1. The summed E-state index contributed by atoms with van der Waals surface area (Å²) < 4.78 is 13.0. The fourth-order valence-electron chi connectivity index (χ4n) is 1.89. The fourth-order valence-corrected chi connectivity index (χ4v) is 1.89. The number of hydrogen-bond acceptors (Lipinski definition) is 3. The van der Waals surface area contributed by atoms with E-state index in [0.717, 1.165) is 0 Å². The zero-order valence-electron chi connectivity index (χ0n) is 12.8. The molecule has 0 heterocycles. The molecule has 3 N–H and O–H groups in total. The van der Waals surface area contributed by atoms with Gasteiger partial charge in [0.15, 0.2) is 0 Å². The van der Waals surface area contributed by atoms with E-state index in [1.165, 1.54) is 18.2 Å². The minimum Gasteiger partial charge on any atom is -0.397 e. The first-order chi connectivity index (χ1) is 9.23. The van der Waals surface area contributed by atoms with Crippen LogP contribution in [0.25, 0.3) is 0 Å². The highest BCUT2D eigenvalue weighted by Crippen LogP contribution is 2.20. The van der Waals surface area contributed by atoms with Gasteiger partial charge < -0.3 is 11.1 Å². The van der Waals surface area contributed by atoms with Crippen LogP contribution in [0, 0.1) is 11.7 Å². The molecule has 1 rings (SSSR count). The fraction of sp³-hybridized carbons (Fsp3) is 0.533. The van der Waals surface area contributed by atoms with E-state index in [0.29, 0.717) is 11.6 Å². The number of hydrogen-bond donors (Lipinski definition) is 2. The molecule has 0 aliphatic heterocycles. The molecule has 0 saturated carbocycles. The van der Waals surface area contributed by atoms with E-state index >= 15 is 0 Å². The Morgan fingerprint density at radius 3 is 2.40 bits per heavy atom. The van der Waals surface area contributed by atoms with Gasteiger partial charge in [0.1, 0.15) is 5.82 Å². The Kier molecular flexibility index (Phi) is 5.51. The van der Waals surface area contributed by atoms with E-state index in [2.05, 4.69) is 26.1 Å². The highest BCUT2D eigenvalue weighted by Gasteiger charge is 2.24. The number of likely N-dealkylation sites (N-methyl/N-ethyl adjacent to an activating group) is 1. The van der Waals surface area contributed by atoms with Crippen LogP contribution < -0.4 is 11.1 Å². The molecular weight excluding hydrogens is 257 g/mol. The van der Waals surface area contributed by atoms with Crippen LogP contribution in [0.2, 0.25) is 0 Å². The molecule has 20 heavy (non-hydrogen) atoms. The van der Waals surface area contributed by atoms with Crippen LogP contribution in [0.4, 0.5) is 15.8 Å². The quantitative estimate of drug-likeness (QED) is 0.816. The molecule has 0 radical (unpaired) electrons. The van der Waals surface area contributed by atoms with Crippen LogP contribution in [-0.4, -0.2) is 29.9 Å². The van der Waals surface area contributed by atoms with Gasteiger partial charge in [-0.1, -0.05) is 13.8 Å². The average molecular weight is 281 g/mol. The molecule has 2 atom stereocenters. The predicted octanol–water partition coefficient (Wildman–Crippen LogP) is 2.71. The molecule has 0 spiro atoms. The number of carbonyl (C=O) groups is 1. The van der Waals surface area contributed by atoms with Gasteiger partial charge in [0.25, 0.3) is 0 Å². The van der Waals surface area contributed by atoms with Gasteiger partial charge in [0.05, 0.1) is 17.4 Å². The largest absolute Gasteiger partial charge is 0.397 e. The minimum absolute atomic E-state index is 0.154. The van der Waals surface area contributed by atoms with Gasteiger partial charge in [-0.25, -0.2) is 4.39 Å². The molecule has 0 saturated heterocycles. The highest BCUT2D eigenvalue weighted by atomic mass is 19.1. The molecule has 0 bridgehead atoms. The van der Waals surface area contributed by atoms with Crippen molar-refractivity contribution < 1.29 is 9.18 Å². The summed E-state index contributed by atoms with van der Waals surface area (Å²) in [6.45, 7) is 8.15. The molecule has 1 aromatic rings. The molecule has 5 heteroatoms. The predicted molar refractivity (Wildman–Crippen MR) is 81.0 cm³/mol. The smallest absolute Gasteiger partial charge is 0.241 e. The van der Waals surface area contributed by atoms with Gasteiger partial charge in [0, 0.05) is 6.04 Å². The molecule has 0 aliphatic carbocycles. The first kappa shape index (κ1) is 16.4. The molecule has 0 fully saturated rings. The summed E-state index contributed by atoms with van der Waals surface area (Å²) >= 11 is 0. The number of benzene rings is 1. The van der Waals surface area contributed by atoms with Crippen molar-refractivity contribution in [3.63, 3.8) is 0 Å². The summed E-state index contributed by atoms with van der Waals surface area (Å²) in [6, 6.07) is 3.93. The lowest BCUT2D eigenvalue weighted by atomic mass is 10.0. The van der Waals surface area contributed by atoms with Gasteiger partial charge in [0.2, 0.25) is 5.91 Å². The third kappa shape index (κ3) is 3.93. The van der Waals surface area contributed by atoms with Gasteiger partial charge in [-0.05, 0) is 45.0 Å². The second-order valence-electron chi connectivity index (χ2n) is 5.55. The first-order valence-corrected chi connectivity index (χ1v) is 6.81. The molecule has 0 aliphatic rings. The SMILES string of the molecule is CC(C)C(C)N(C)C(C)C(=O)Nc1ccc(F)cc1N. The van der Waals surface area contributed by atoms with Gasteiger partial charge in [-0.3, -0.25) is 9.69 Å². The van der Waals surface area contributed by atoms with Crippen LogP contribution >= 0.6 is 0 Å². The standard InChI is InChI=1S/C15H24FN3O/c1-9(2)10(3)19(5)11(4)15(20)18-14-7-6-12(16)8-13(14)17/h6-11H,17H2,1-5H3,(H,18,20). The van der Waals surface area contributed by atoms with E-state index in [4.69, 9.17) is 5.73 Å². The number of nitrogens with zero attached hydrogens (tertiary/aromatic N) is 1. The van der Waals surface area contributed by atoms with E-state index in [9.17, 15) is 9.18 Å². The maximum absolute atomic E-state index is 13.0. The summed E-state index contributed by atoms with van der Waals surface area (Å²) in [6.07, 6.45) is 0. The van der Waals surface area contributed by atoms with Crippen LogP contribution in [0.1, 0.15) is 27.7 Å². The lowest BCUT2D eigenvalue weighted by molar-refractivity contribution is -0.121. The summed E-state index contributed by atoms with van der Waals surface area (Å²) in [7, 11) is 1.92. The molecule has 2 unspecified atom stereocenters. The van der Waals surface area contributed by atoms with Crippen molar-refractivity contribution in [3.05, 3.63) is 24.0 Å². The van der Waals surface area contributed by atoms with Gasteiger partial charge >= 0.3 is 0 Å². The Morgan fingerprint density at radius 1 is 1.30 bits per heavy atom. The molecule has 112 valence electrons. The monoisotopic (exact) mass is 281 g/mol. The Morgan fingerprint density at radius 2 is 1.90 bits per heavy atom. The summed E-state index contributed by atoms with van der Waals surface area (Å²) in [5.41, 5.74) is 6.35. The van der Waals surface area contributed by atoms with Crippen LogP contribution in [0.5, 0.6) is 0 Å². The topological polar surface area (TPSA) is 58.4 Å². The molecular formula is C15H24FN3O. The van der Waals surface area contributed by atoms with Crippen molar-refractivity contribution in [2.75, 3.05) is 18.1 Å². The summed E-state index contributed by atoms with van der Waals surface area (Å²) in [4.78, 5) is 14.2. The Bertz CT molecular complexity index is 476. The van der Waals surface area contributed by atoms with E-state index < -0.39 is 5.82 Å². The van der Waals surface area contributed by atoms with Crippen LogP contribution in [-0.2, 0) is 4.79 Å². The van der Waals surface area contributed by atoms with E-state index in [1.54, 1.807) is 0 Å². The molecule has 1 amide bonds. The van der Waals surface area contributed by atoms with Gasteiger partial charge in [-0.2, -0.15) is 0 Å². The number of anilines is 2. The van der Waals surface area contributed by atoms with E-state index in [1.807, 2.05) is 18.9 Å². The second-order valence-corrected chi connectivity index (χ2v) is 5.55. The van der Waals surface area contributed by atoms with Crippen molar-refractivity contribution in [2.45, 2.75) is 39.8 Å². The van der Waals surface area contributed by atoms with Crippen molar-refractivity contribution in [1.29, 1.82) is 0 Å². The van der Waals surface area contributed by atoms with Crippen molar-refractivity contribution in [1.82, 2.24) is 4.90 Å². The maximum Gasteiger partial charge on any atom is 0.241 e. The van der Waals surface area contributed by atoms with Crippen molar-refractivity contribution in [2.24, 2.45) is 5.92 Å². The zero-order valence-corrected chi connectivity index (χ0v) is 12.8. The Balaban J connectivity index is 2.75.